The summed E-state index contributed by atoms with van der Waals surface area (Å²) in [6.07, 6.45) is 0.411. The van der Waals surface area contributed by atoms with Crippen LogP contribution in [0.15, 0.2) is 40.3 Å². The number of hydrogen-bond acceptors (Lipinski definition) is 12. The van der Waals surface area contributed by atoms with Gasteiger partial charge in [0.05, 0.1) is 25.4 Å². The second-order valence-electron chi connectivity index (χ2n) is 15.9. The van der Waals surface area contributed by atoms with Gasteiger partial charge >= 0.3 is 5.97 Å². The second kappa shape index (κ2) is 31.3. The zero-order chi connectivity index (χ0) is 50.6. The van der Waals surface area contributed by atoms with E-state index in [0.717, 1.165) is 5.56 Å². The van der Waals surface area contributed by atoms with Crippen LogP contribution in [0.4, 0.5) is 0 Å². The van der Waals surface area contributed by atoms with Crippen LogP contribution in [0.1, 0.15) is 78.2 Å². The van der Waals surface area contributed by atoms with Crippen molar-refractivity contribution in [2.75, 3.05) is 31.9 Å². The first kappa shape index (κ1) is 58.4. The Bertz CT molecular complexity index is 1880. The molecule has 0 bridgehead atoms. The number of aliphatic carboxylic acids is 1. The maximum atomic E-state index is 13.9. The zero-order valence-corrected chi connectivity index (χ0v) is 39.4. The maximum absolute atomic E-state index is 13.9. The lowest BCUT2D eigenvalue weighted by Crippen LogP contribution is -2.60. The summed E-state index contributed by atoms with van der Waals surface area (Å²) in [7, 11) is 0. The van der Waals surface area contributed by atoms with Crippen LogP contribution in [0.2, 0.25) is 0 Å². The molecule has 0 radical (unpaired) electrons. The number of rotatable bonds is 32. The Hall–Kier alpha value is -6.66. The number of aliphatic imine (C=N–C) groups is 2. The molecule has 1 aromatic carbocycles. The summed E-state index contributed by atoms with van der Waals surface area (Å²) in [5, 5.41) is 27.1. The minimum Gasteiger partial charge on any atom is -0.481 e. The number of carbonyl (C=O) groups is 9. The molecular weight excluding hydrogens is 893 g/mol. The van der Waals surface area contributed by atoms with Crippen LogP contribution in [0.3, 0.4) is 0 Å². The molecule has 67 heavy (non-hydrogen) atoms. The molecule has 18 N–H and O–H groups in total. The molecule has 0 saturated heterocycles. The van der Waals surface area contributed by atoms with Gasteiger partial charge in [-0.25, -0.2) is 0 Å². The van der Waals surface area contributed by atoms with Gasteiger partial charge in [-0.1, -0.05) is 70.9 Å². The molecule has 0 heterocycles. The van der Waals surface area contributed by atoms with Crippen molar-refractivity contribution in [1.82, 2.24) is 37.2 Å². The number of nitrogens with two attached hydrogens (primary N) is 5. The standard InChI is InChI=1S/C42H70N14O10S/c1-5-23(3)33(35(43)61)55-38(64)28(15-11-17-49-42(46)47)53-39(65)29(19-32(59)60)54-40(66)34(24(4)6-2)56-37(63)27(14-10-16-48-41(44)45)52-31(58)21-50-30(57)20-51-36(62)26(22-67)18-25-12-8-7-9-13-25/h7-9,12-13,23-24,26-29,33-34,67H,5-6,10-11,14-22H2,1-4H3,(H2,43,61)(H,50,57)(H,51,62)(H,52,58)(H,53,65)(H,54,66)(H,55,64)(H,56,63)(H,59,60)(H4,44,45,48)(H4,46,47,49)/t23-,24-,26+,27-,28-,29-,33-,34-/m0/s1. The van der Waals surface area contributed by atoms with Crippen molar-refractivity contribution in [2.24, 2.45) is 56.4 Å². The van der Waals surface area contributed by atoms with Crippen molar-refractivity contribution < 1.29 is 48.3 Å². The molecule has 0 aliphatic rings. The number of carbonyl (C=O) groups excluding carboxylic acids is 8. The van der Waals surface area contributed by atoms with Gasteiger partial charge in [-0.05, 0) is 49.5 Å². The van der Waals surface area contributed by atoms with E-state index in [1.165, 1.54) is 0 Å². The first-order chi connectivity index (χ1) is 31.6. The van der Waals surface area contributed by atoms with E-state index in [1.54, 1.807) is 27.7 Å². The monoisotopic (exact) mass is 963 g/mol. The van der Waals surface area contributed by atoms with Gasteiger partial charge in [0.15, 0.2) is 11.9 Å². The largest absolute Gasteiger partial charge is 0.481 e. The predicted molar refractivity (Wildman–Crippen MR) is 253 cm³/mol. The molecule has 24 nitrogen and oxygen atoms in total. The van der Waals surface area contributed by atoms with Gasteiger partial charge in [0, 0.05) is 18.8 Å². The van der Waals surface area contributed by atoms with Crippen LogP contribution in [-0.2, 0) is 49.6 Å². The number of amides is 8. The Morgan fingerprint density at radius 3 is 1.58 bits per heavy atom. The first-order valence-electron chi connectivity index (χ1n) is 22.0. The second-order valence-corrected chi connectivity index (χ2v) is 16.3. The SMILES string of the molecule is CC[C@H](C)[C@H](NC(=O)[C@H](CCCN=C(N)N)NC(=O)[C@H](CC(=O)O)NC(=O)[C@@H](NC(=O)[C@H](CCCN=C(N)N)NC(=O)CNC(=O)CNC(=O)[C@@H](CS)Cc1ccccc1)[C@@H](C)CC)C(N)=O. The van der Waals surface area contributed by atoms with E-state index in [9.17, 15) is 48.3 Å². The van der Waals surface area contributed by atoms with Gasteiger partial charge in [-0.2, -0.15) is 12.6 Å². The van der Waals surface area contributed by atoms with Crippen molar-refractivity contribution >= 4 is 77.8 Å². The average Bonchev–Trinajstić information content (AvgIpc) is 3.28. The highest BCUT2D eigenvalue weighted by Gasteiger charge is 2.35. The summed E-state index contributed by atoms with van der Waals surface area (Å²) < 4.78 is 0. The number of primary amides is 1. The molecule has 8 amide bonds. The lowest BCUT2D eigenvalue weighted by molar-refractivity contribution is -0.142. The number of guanidine groups is 2. The van der Waals surface area contributed by atoms with Crippen molar-refractivity contribution in [3.05, 3.63) is 35.9 Å². The summed E-state index contributed by atoms with van der Waals surface area (Å²) in [5.74, 6) is -9.67. The summed E-state index contributed by atoms with van der Waals surface area (Å²) in [6.45, 7) is 5.87. The highest BCUT2D eigenvalue weighted by atomic mass is 32.1. The van der Waals surface area contributed by atoms with Crippen molar-refractivity contribution in [1.29, 1.82) is 0 Å². The molecule has 0 saturated carbocycles. The summed E-state index contributed by atoms with van der Waals surface area (Å²) in [5.41, 5.74) is 28.1. The Balaban J connectivity index is 3.23. The van der Waals surface area contributed by atoms with Crippen LogP contribution in [0.25, 0.3) is 0 Å². The van der Waals surface area contributed by atoms with E-state index in [-0.39, 0.29) is 62.4 Å². The van der Waals surface area contributed by atoms with Crippen LogP contribution >= 0.6 is 12.6 Å². The van der Waals surface area contributed by atoms with Crippen LogP contribution in [0.5, 0.6) is 0 Å². The summed E-state index contributed by atoms with van der Waals surface area (Å²) >= 11 is 4.26. The van der Waals surface area contributed by atoms with Gasteiger partial charge in [0.1, 0.15) is 30.2 Å². The summed E-state index contributed by atoms with van der Waals surface area (Å²) in [6, 6.07) is 2.30. The Morgan fingerprint density at radius 2 is 1.09 bits per heavy atom. The zero-order valence-electron chi connectivity index (χ0n) is 38.5. The van der Waals surface area contributed by atoms with E-state index in [1.807, 2.05) is 30.3 Å². The molecule has 0 spiro atoms. The van der Waals surface area contributed by atoms with E-state index in [2.05, 4.69) is 59.8 Å². The Morgan fingerprint density at radius 1 is 0.612 bits per heavy atom. The molecule has 25 heteroatoms. The molecule has 0 unspecified atom stereocenters. The van der Waals surface area contributed by atoms with E-state index < -0.39 is 115 Å². The van der Waals surface area contributed by atoms with Crippen LogP contribution < -0.4 is 65.9 Å². The van der Waals surface area contributed by atoms with Crippen LogP contribution in [0, 0.1) is 17.8 Å². The fraction of sp³-hybridized carbons (Fsp3) is 0.595. The molecule has 0 fully saturated rings. The highest BCUT2D eigenvalue weighted by molar-refractivity contribution is 7.80. The first-order valence-corrected chi connectivity index (χ1v) is 22.6. The Labute approximate surface area is 395 Å². The molecule has 374 valence electrons. The third kappa shape index (κ3) is 23.4. The normalized spacial score (nSPS) is 14.3. The maximum Gasteiger partial charge on any atom is 0.305 e. The van der Waals surface area contributed by atoms with Gasteiger partial charge in [0.2, 0.25) is 47.3 Å². The number of nitrogens with zero attached hydrogens (tertiary/aromatic N) is 2. The fourth-order valence-corrected chi connectivity index (χ4v) is 6.63. The molecule has 0 aliphatic heterocycles. The van der Waals surface area contributed by atoms with E-state index in [0.29, 0.717) is 19.3 Å². The third-order valence-electron chi connectivity index (χ3n) is 10.6. The highest BCUT2D eigenvalue weighted by Crippen LogP contribution is 2.13. The van der Waals surface area contributed by atoms with E-state index in [4.69, 9.17) is 28.7 Å². The molecule has 0 aliphatic carbocycles. The number of hydrogen-bond donors (Lipinski definition) is 14. The lowest BCUT2D eigenvalue weighted by atomic mass is 9.96. The van der Waals surface area contributed by atoms with Gasteiger partial charge in [0.25, 0.3) is 0 Å². The minimum atomic E-state index is -1.78. The quantitative estimate of drug-likeness (QED) is 0.0145. The van der Waals surface area contributed by atoms with Gasteiger partial charge in [-0.15, -0.1) is 0 Å². The number of benzene rings is 1. The number of carboxylic acids is 1. The summed E-state index contributed by atoms with van der Waals surface area (Å²) in [4.78, 5) is 125. The third-order valence-corrected chi connectivity index (χ3v) is 11.0. The molecule has 1 aromatic rings. The Kier molecular flexibility index (Phi) is 27.3. The smallest absolute Gasteiger partial charge is 0.305 e. The van der Waals surface area contributed by atoms with E-state index >= 15 is 0 Å². The lowest BCUT2D eigenvalue weighted by Gasteiger charge is -2.29. The molecule has 8 atom stereocenters. The van der Waals surface area contributed by atoms with Gasteiger partial charge < -0.3 is 71.0 Å². The number of thiol groups is 1. The fourth-order valence-electron chi connectivity index (χ4n) is 6.34. The average molecular weight is 963 g/mol. The van der Waals surface area contributed by atoms with Crippen molar-refractivity contribution in [2.45, 2.75) is 109 Å². The molecular formula is C42H70N14O10S. The molecule has 1 rings (SSSR count). The van der Waals surface area contributed by atoms with Crippen molar-refractivity contribution in [3.63, 3.8) is 0 Å². The van der Waals surface area contributed by atoms with Crippen molar-refractivity contribution in [3.8, 4) is 0 Å². The number of carboxylic acid groups (broad SMARTS) is 1. The molecule has 0 aromatic heterocycles. The topological polar surface area (TPSA) is 413 Å². The van der Waals surface area contributed by atoms with Crippen LogP contribution in [-0.4, -0.2) is 132 Å². The van der Waals surface area contributed by atoms with Gasteiger partial charge in [-0.3, -0.25) is 53.1 Å². The predicted octanol–water partition coefficient (Wildman–Crippen LogP) is -3.41. The minimum absolute atomic E-state index is 0.0510. The number of nitrogens with one attached hydrogen (secondary N) is 7.